The van der Waals surface area contributed by atoms with Crippen molar-refractivity contribution in [1.29, 1.82) is 0 Å². The van der Waals surface area contributed by atoms with E-state index in [1.54, 1.807) is 24.9 Å². The first-order chi connectivity index (χ1) is 13.8. The van der Waals surface area contributed by atoms with Crippen LogP contribution in [-0.4, -0.2) is 43.2 Å². The lowest BCUT2D eigenvalue weighted by Gasteiger charge is -2.33. The normalized spacial score (nSPS) is 18.7. The Morgan fingerprint density at radius 1 is 1.27 bits per heavy atom. The van der Waals surface area contributed by atoms with E-state index in [1.165, 1.54) is 10.6 Å². The Labute approximate surface area is 181 Å². The number of hydrogen-bond donors (Lipinski definition) is 0. The minimum absolute atomic E-state index is 0.100. The number of anilines is 1. The number of hydrogen-bond acceptors (Lipinski definition) is 4. The number of rotatable bonds is 3. The van der Waals surface area contributed by atoms with Crippen LogP contribution in [0.4, 0.5) is 14.7 Å². The summed E-state index contributed by atoms with van der Waals surface area (Å²) < 4.78 is 44.8. The van der Waals surface area contributed by atoms with Crippen LogP contribution in [0.3, 0.4) is 0 Å². The number of alkyl halides is 2. The average molecular weight is 459 g/mol. The molecule has 10 heteroatoms. The molecule has 30 heavy (non-hydrogen) atoms. The molecule has 3 rings (SSSR count). The molecule has 0 saturated carbocycles. The van der Waals surface area contributed by atoms with Gasteiger partial charge in [-0.15, -0.1) is 0 Å². The topological polar surface area (TPSA) is 67.6 Å². The highest BCUT2D eigenvalue weighted by atomic mass is 35.5. The van der Waals surface area contributed by atoms with Gasteiger partial charge in [0.1, 0.15) is 11.0 Å². The summed E-state index contributed by atoms with van der Waals surface area (Å²) in [6.45, 7) is 7.33. The molecule has 1 atom stereocenters. The second kappa shape index (κ2) is 8.00. The molecule has 164 valence electrons. The molecule has 0 spiro atoms. The largest absolute Gasteiger partial charge is 0.342 e. The van der Waals surface area contributed by atoms with Crippen LogP contribution in [0.15, 0.2) is 21.3 Å². The minimum atomic E-state index is -2.70. The first-order valence-corrected chi connectivity index (χ1v) is 11.1. The van der Waals surface area contributed by atoms with Crippen molar-refractivity contribution in [2.24, 2.45) is 11.4 Å². The van der Waals surface area contributed by atoms with Crippen molar-refractivity contribution in [3.8, 4) is 0 Å². The van der Waals surface area contributed by atoms with Crippen molar-refractivity contribution in [2.45, 2.75) is 51.2 Å². The van der Waals surface area contributed by atoms with E-state index in [0.29, 0.717) is 33.1 Å². The summed E-state index contributed by atoms with van der Waals surface area (Å²) >= 11 is 6.24. The van der Waals surface area contributed by atoms with Crippen molar-refractivity contribution in [3.05, 3.63) is 33.1 Å². The number of fused-ring (bicyclic) bond motifs is 1. The van der Waals surface area contributed by atoms with Gasteiger partial charge in [0.15, 0.2) is 0 Å². The molecule has 0 unspecified atom stereocenters. The molecule has 1 fully saturated rings. The summed E-state index contributed by atoms with van der Waals surface area (Å²) in [7, 11) is 0.0570. The molecule has 1 aromatic heterocycles. The molecule has 0 radical (unpaired) electrons. The van der Waals surface area contributed by atoms with Crippen molar-refractivity contribution < 1.29 is 13.0 Å². The lowest BCUT2D eigenvalue weighted by atomic mass is 10.1. The highest BCUT2D eigenvalue weighted by molar-refractivity contribution is 7.85. The van der Waals surface area contributed by atoms with Crippen LogP contribution in [0.25, 0.3) is 10.9 Å². The first kappa shape index (κ1) is 22.8. The predicted octanol–water partition coefficient (Wildman–Crippen LogP) is 4.09. The molecule has 0 bridgehead atoms. The third-order valence-corrected chi connectivity index (χ3v) is 6.74. The van der Waals surface area contributed by atoms with E-state index in [-0.39, 0.29) is 31.5 Å². The van der Waals surface area contributed by atoms with Gasteiger partial charge in [0, 0.05) is 43.6 Å². The van der Waals surface area contributed by atoms with Crippen LogP contribution in [0.5, 0.6) is 0 Å². The second-order valence-electron chi connectivity index (χ2n) is 8.51. The van der Waals surface area contributed by atoms with Gasteiger partial charge in [-0.25, -0.2) is 18.0 Å². The minimum Gasteiger partial charge on any atom is -0.342 e. The lowest BCUT2D eigenvalue weighted by molar-refractivity contribution is -0.0223. The Balaban J connectivity index is 2.18. The number of halogens is 3. The molecular weight excluding hydrogens is 434 g/mol. The fourth-order valence-electron chi connectivity index (χ4n) is 3.23. The molecule has 1 aromatic carbocycles. The zero-order valence-corrected chi connectivity index (χ0v) is 19.2. The summed E-state index contributed by atoms with van der Waals surface area (Å²) in [5.74, 6) is -2.39. The standard InChI is InChI=1S/C20H25ClF2N4O2S/c1-12(25-30(29)19(2,3)4)14-10-13(21)11-15-16(14)24-18(26(5)17(15)28)27-8-6-20(22,23)7-9-27/h10-11H,6-9H2,1-5H3/b25-12-/t30-/m1/s1. The maximum absolute atomic E-state index is 13.6. The van der Waals surface area contributed by atoms with Gasteiger partial charge in [-0.3, -0.25) is 9.36 Å². The molecule has 0 amide bonds. The quantitative estimate of drug-likeness (QED) is 0.649. The fraction of sp³-hybridized carbons (Fsp3) is 0.550. The predicted molar refractivity (Wildman–Crippen MR) is 118 cm³/mol. The van der Waals surface area contributed by atoms with Crippen molar-refractivity contribution >= 4 is 45.1 Å². The van der Waals surface area contributed by atoms with Crippen LogP contribution in [-0.2, 0) is 18.0 Å². The van der Waals surface area contributed by atoms with E-state index in [4.69, 9.17) is 11.6 Å². The second-order valence-corrected chi connectivity index (χ2v) is 10.8. The Kier molecular flexibility index (Phi) is 6.08. The number of nitrogens with zero attached hydrogens (tertiary/aromatic N) is 4. The van der Waals surface area contributed by atoms with Crippen LogP contribution >= 0.6 is 11.6 Å². The van der Waals surface area contributed by atoms with E-state index < -0.39 is 21.7 Å². The average Bonchev–Trinajstić information content (AvgIpc) is 2.64. The van der Waals surface area contributed by atoms with Crippen LogP contribution in [0.1, 0.15) is 46.1 Å². The monoisotopic (exact) mass is 458 g/mol. The fourth-order valence-corrected chi connectivity index (χ4v) is 4.07. The van der Waals surface area contributed by atoms with Gasteiger partial charge in [-0.2, -0.15) is 4.40 Å². The zero-order chi connectivity index (χ0) is 22.4. The number of piperidine rings is 1. The molecule has 2 aromatic rings. The summed E-state index contributed by atoms with van der Waals surface area (Å²) in [5, 5.41) is 0.625. The molecule has 0 aliphatic carbocycles. The van der Waals surface area contributed by atoms with Gasteiger partial charge in [0.2, 0.25) is 5.95 Å². The van der Waals surface area contributed by atoms with Crippen LogP contribution < -0.4 is 10.5 Å². The van der Waals surface area contributed by atoms with Crippen molar-refractivity contribution in [3.63, 3.8) is 0 Å². The van der Waals surface area contributed by atoms with E-state index in [1.807, 2.05) is 20.8 Å². The van der Waals surface area contributed by atoms with Gasteiger partial charge in [-0.05, 0) is 39.8 Å². The number of aromatic nitrogens is 2. The van der Waals surface area contributed by atoms with E-state index in [2.05, 4.69) is 9.38 Å². The Morgan fingerprint density at radius 2 is 1.87 bits per heavy atom. The maximum Gasteiger partial charge on any atom is 0.262 e. The first-order valence-electron chi connectivity index (χ1n) is 9.61. The van der Waals surface area contributed by atoms with Crippen molar-refractivity contribution in [2.75, 3.05) is 18.0 Å². The summed E-state index contributed by atoms with van der Waals surface area (Å²) in [4.78, 5) is 19.4. The molecule has 1 aliphatic rings. The molecular formula is C20H25ClF2N4O2S. The SMILES string of the molecule is C/C(=N/[S@](=O)C(C)(C)C)c1cc(Cl)cc2c(=O)n(C)c(N3CCC(F)(F)CC3)nc12. The van der Waals surface area contributed by atoms with Gasteiger partial charge in [0.25, 0.3) is 11.5 Å². The Bertz CT molecular complexity index is 1100. The third-order valence-electron chi connectivity index (χ3n) is 5.03. The van der Waals surface area contributed by atoms with E-state index in [0.717, 1.165) is 0 Å². The van der Waals surface area contributed by atoms with Gasteiger partial charge in [0.05, 0.1) is 21.4 Å². The smallest absolute Gasteiger partial charge is 0.262 e. The summed E-state index contributed by atoms with van der Waals surface area (Å²) in [6, 6.07) is 3.15. The molecule has 0 N–H and O–H groups in total. The lowest BCUT2D eigenvalue weighted by Crippen LogP contribution is -2.42. The molecule has 2 heterocycles. The molecule has 1 aliphatic heterocycles. The maximum atomic E-state index is 13.6. The van der Waals surface area contributed by atoms with E-state index >= 15 is 0 Å². The molecule has 1 saturated heterocycles. The summed E-state index contributed by atoms with van der Waals surface area (Å²) in [6.07, 6.45) is -0.584. The molecule has 6 nitrogen and oxygen atoms in total. The Hall–Kier alpha value is -1.87. The van der Waals surface area contributed by atoms with Crippen LogP contribution in [0.2, 0.25) is 5.02 Å². The van der Waals surface area contributed by atoms with E-state index in [9.17, 15) is 17.8 Å². The van der Waals surface area contributed by atoms with Crippen molar-refractivity contribution in [1.82, 2.24) is 9.55 Å². The third kappa shape index (κ3) is 4.56. The van der Waals surface area contributed by atoms with Crippen LogP contribution in [0, 0.1) is 0 Å². The Morgan fingerprint density at radius 3 is 2.43 bits per heavy atom. The highest BCUT2D eigenvalue weighted by Crippen LogP contribution is 2.30. The van der Waals surface area contributed by atoms with Gasteiger partial charge < -0.3 is 4.90 Å². The van der Waals surface area contributed by atoms with Gasteiger partial charge in [-0.1, -0.05) is 11.6 Å². The summed E-state index contributed by atoms with van der Waals surface area (Å²) in [5.41, 5.74) is 0.965. The highest BCUT2D eigenvalue weighted by Gasteiger charge is 2.35. The zero-order valence-electron chi connectivity index (χ0n) is 17.6. The number of benzene rings is 1. The van der Waals surface area contributed by atoms with Gasteiger partial charge >= 0.3 is 0 Å².